The molecule has 78 heavy (non-hydrogen) atoms. The van der Waals surface area contributed by atoms with Crippen molar-refractivity contribution in [1.82, 2.24) is 0 Å². The number of hydrogen-bond acceptors (Lipinski definition) is 2. The summed E-state index contributed by atoms with van der Waals surface area (Å²) < 4.78 is 0. The molecule has 5 aromatic rings. The molecule has 0 fully saturated rings. The minimum atomic E-state index is -0.0772. The Morgan fingerprint density at radius 1 is 0.654 bits per heavy atom. The first-order chi connectivity index (χ1) is 38.1. The van der Waals surface area contributed by atoms with Crippen molar-refractivity contribution in [2.45, 2.75) is 65.8 Å². The summed E-state index contributed by atoms with van der Waals surface area (Å²) in [7, 11) is 0. The van der Waals surface area contributed by atoms with Crippen LogP contribution in [-0.2, 0) is 0 Å². The lowest BCUT2D eigenvalue weighted by Crippen LogP contribution is -2.40. The zero-order chi connectivity index (χ0) is 54.3. The fourth-order valence-electron chi connectivity index (χ4n) is 11.9. The SMILES string of the molecule is C=CCC1C(=C)C(N(c2ccc(C)cc2)c2ccc(C)cc2)=c2ccccc2=C1/C=C/C(=C\C(=C)C1=C(C=C)/C(C=C)=C\C=C\CCC=C1)C1=C2C=CC=CC2C(N(C2=CC=C(C)CC2)c2ccc(C)cc2)c2ccccc21. The second-order valence-corrected chi connectivity index (χ2v) is 21.2. The fraction of sp³-hybridized carbons (Fsp3) is 0.158. The van der Waals surface area contributed by atoms with Crippen LogP contribution in [0.15, 0.2) is 308 Å². The summed E-state index contributed by atoms with van der Waals surface area (Å²) in [6, 6.07) is 44.8. The van der Waals surface area contributed by atoms with Gasteiger partial charge in [0.05, 0.1) is 11.7 Å². The van der Waals surface area contributed by atoms with Crippen LogP contribution in [0.3, 0.4) is 0 Å². The van der Waals surface area contributed by atoms with Crippen LogP contribution in [0.25, 0.3) is 16.8 Å². The molecule has 386 valence electrons. The predicted molar refractivity (Wildman–Crippen MR) is 336 cm³/mol. The van der Waals surface area contributed by atoms with Gasteiger partial charge >= 0.3 is 0 Å². The molecule has 5 aromatic carbocycles. The fourth-order valence-corrected chi connectivity index (χ4v) is 11.9. The second kappa shape index (κ2) is 23.7. The first-order valence-corrected chi connectivity index (χ1v) is 27.7. The molecule has 5 aliphatic carbocycles. The van der Waals surface area contributed by atoms with Gasteiger partial charge in [-0.05, 0) is 175 Å². The highest BCUT2D eigenvalue weighted by molar-refractivity contribution is 5.94. The van der Waals surface area contributed by atoms with Crippen LogP contribution in [0.5, 0.6) is 0 Å². The molecule has 0 N–H and O–H groups in total. The molecule has 0 saturated carbocycles. The van der Waals surface area contributed by atoms with Gasteiger partial charge in [0.2, 0.25) is 0 Å². The van der Waals surface area contributed by atoms with Crippen molar-refractivity contribution in [2.24, 2.45) is 11.8 Å². The average molecular weight is 1010 g/mol. The summed E-state index contributed by atoms with van der Waals surface area (Å²) in [4.78, 5) is 5.04. The van der Waals surface area contributed by atoms with Gasteiger partial charge in [0.15, 0.2) is 0 Å². The second-order valence-electron chi connectivity index (χ2n) is 21.2. The molecule has 3 atom stereocenters. The first-order valence-electron chi connectivity index (χ1n) is 27.7. The number of anilines is 3. The molecule has 5 aliphatic rings. The summed E-state index contributed by atoms with van der Waals surface area (Å²) in [5.74, 6) is -0.0626. The van der Waals surface area contributed by atoms with Crippen LogP contribution in [0.4, 0.5) is 17.1 Å². The molecule has 0 bridgehead atoms. The molecule has 2 heteroatoms. The van der Waals surface area contributed by atoms with Crippen LogP contribution in [0.2, 0.25) is 0 Å². The van der Waals surface area contributed by atoms with Crippen LogP contribution < -0.4 is 20.2 Å². The molecule has 2 nitrogen and oxygen atoms in total. The Labute approximate surface area is 465 Å². The molecule has 3 unspecified atom stereocenters. The van der Waals surface area contributed by atoms with Gasteiger partial charge in [-0.1, -0.05) is 225 Å². The minimum absolute atomic E-state index is 0.0146. The standard InChI is InChI=1S/C76H72N2/c1-10-24-66-57(9)75(77(60-42-33-52(4)34-43-60)61-44-35-53(5)36-45-61)71-30-21-18-27-67(71)68(66)50-41-59(51-56(8)65-26-17-15-13-14-16-25-58(11-2)64(65)12-3)74-69-28-19-22-31-72(69)76(73-32-23-20-29-70(73)74)78(62-46-37-54(6)38-47-62)63-48-39-55(7)40-49-63/h10-12,14,16-23,25-39,41-48,50-51,66,72,76H,1-3,8-9,13,15,24,40,49H2,4-7H3/b16-14+,26-17?,50-41+,58-25-,59-51+,65-64?. The summed E-state index contributed by atoms with van der Waals surface area (Å²) in [6.07, 6.45) is 42.4. The molecular weight excluding hydrogens is 941 g/mol. The number of hydrogen-bond donors (Lipinski definition) is 0. The summed E-state index contributed by atoms with van der Waals surface area (Å²) in [5, 5.41) is 2.31. The summed E-state index contributed by atoms with van der Waals surface area (Å²) >= 11 is 0. The lowest BCUT2D eigenvalue weighted by Gasteiger charge is -2.45. The van der Waals surface area contributed by atoms with Gasteiger partial charge in [0.1, 0.15) is 0 Å². The number of nitrogens with zero attached hydrogens (tertiary/aromatic N) is 2. The van der Waals surface area contributed by atoms with E-state index in [4.69, 9.17) is 13.2 Å². The van der Waals surface area contributed by atoms with E-state index in [2.05, 4.69) is 270 Å². The van der Waals surface area contributed by atoms with E-state index in [0.717, 1.165) is 81.4 Å². The van der Waals surface area contributed by atoms with Crippen molar-refractivity contribution in [3.63, 3.8) is 0 Å². The van der Waals surface area contributed by atoms with Crippen molar-refractivity contribution in [3.05, 3.63) is 346 Å². The van der Waals surface area contributed by atoms with Crippen LogP contribution in [0.1, 0.15) is 72.9 Å². The Kier molecular flexibility index (Phi) is 16.0. The maximum absolute atomic E-state index is 5.03. The summed E-state index contributed by atoms with van der Waals surface area (Å²) in [5.41, 5.74) is 23.0. The lowest BCUT2D eigenvalue weighted by atomic mass is 9.70. The van der Waals surface area contributed by atoms with Gasteiger partial charge in [-0.3, -0.25) is 0 Å². The van der Waals surface area contributed by atoms with Crippen LogP contribution >= 0.6 is 0 Å². The van der Waals surface area contributed by atoms with E-state index in [1.54, 1.807) is 0 Å². The maximum Gasteiger partial charge on any atom is 0.0697 e. The van der Waals surface area contributed by atoms with Crippen molar-refractivity contribution >= 4 is 33.9 Å². The summed E-state index contributed by atoms with van der Waals surface area (Å²) in [6.45, 7) is 31.7. The topological polar surface area (TPSA) is 6.48 Å². The predicted octanol–water partition coefficient (Wildman–Crippen LogP) is 18.4. The molecule has 10 rings (SSSR count). The first kappa shape index (κ1) is 52.7. The highest BCUT2D eigenvalue weighted by atomic mass is 15.2. The van der Waals surface area contributed by atoms with Crippen molar-refractivity contribution in [2.75, 3.05) is 9.80 Å². The van der Waals surface area contributed by atoms with Gasteiger partial charge < -0.3 is 9.80 Å². The van der Waals surface area contributed by atoms with E-state index in [-0.39, 0.29) is 17.9 Å². The van der Waals surface area contributed by atoms with E-state index < -0.39 is 0 Å². The van der Waals surface area contributed by atoms with E-state index in [9.17, 15) is 0 Å². The molecule has 0 saturated heterocycles. The molecule has 0 radical (unpaired) electrons. The molecule has 0 aliphatic heterocycles. The highest BCUT2D eigenvalue weighted by Crippen LogP contribution is 2.52. The Balaban J connectivity index is 1.25. The van der Waals surface area contributed by atoms with Gasteiger partial charge in [-0.2, -0.15) is 0 Å². The molecule has 0 heterocycles. The Morgan fingerprint density at radius 3 is 1.96 bits per heavy atom. The van der Waals surface area contributed by atoms with E-state index in [1.165, 1.54) is 66.7 Å². The smallest absolute Gasteiger partial charge is 0.0697 e. The highest BCUT2D eigenvalue weighted by Gasteiger charge is 2.40. The molecule has 0 spiro atoms. The third-order valence-electron chi connectivity index (χ3n) is 15.9. The van der Waals surface area contributed by atoms with Gasteiger partial charge in [-0.15, -0.1) is 6.58 Å². The van der Waals surface area contributed by atoms with E-state index in [0.29, 0.717) is 6.42 Å². The number of aryl methyl sites for hydroxylation is 3. The van der Waals surface area contributed by atoms with E-state index in [1.807, 2.05) is 12.2 Å². The van der Waals surface area contributed by atoms with Crippen LogP contribution in [-0.4, -0.2) is 0 Å². The molecule has 0 aromatic heterocycles. The van der Waals surface area contributed by atoms with Gasteiger partial charge in [0.25, 0.3) is 0 Å². The largest absolute Gasteiger partial charge is 0.337 e. The lowest BCUT2D eigenvalue weighted by molar-refractivity contribution is 0.547. The van der Waals surface area contributed by atoms with Crippen LogP contribution in [0, 0.1) is 32.6 Å². The maximum atomic E-state index is 5.03. The Bertz CT molecular complexity index is 3660. The quantitative estimate of drug-likeness (QED) is 0.0762. The van der Waals surface area contributed by atoms with E-state index >= 15 is 0 Å². The van der Waals surface area contributed by atoms with Gasteiger partial charge in [0, 0.05) is 39.8 Å². The monoisotopic (exact) mass is 1010 g/mol. The average Bonchev–Trinajstić information content (AvgIpc) is 3.64. The van der Waals surface area contributed by atoms with Crippen molar-refractivity contribution < 1.29 is 0 Å². The van der Waals surface area contributed by atoms with Crippen molar-refractivity contribution in [1.29, 1.82) is 0 Å². The zero-order valence-corrected chi connectivity index (χ0v) is 46.1. The minimum Gasteiger partial charge on any atom is -0.337 e. The number of rotatable bonds is 15. The Hall–Kier alpha value is -8.72. The number of benzene rings is 5. The third-order valence-corrected chi connectivity index (χ3v) is 15.9. The molecular formula is C76H72N2. The normalized spacial score (nSPS) is 20.2. The van der Waals surface area contributed by atoms with Gasteiger partial charge in [-0.25, -0.2) is 0 Å². The van der Waals surface area contributed by atoms with Crippen molar-refractivity contribution in [3.8, 4) is 0 Å². The zero-order valence-electron chi connectivity index (χ0n) is 46.1. The number of fused-ring (bicyclic) bond motifs is 3. The Morgan fingerprint density at radius 2 is 1.31 bits per heavy atom. The third kappa shape index (κ3) is 10.7. The number of allylic oxidation sites excluding steroid dienone is 24. The molecule has 0 amide bonds.